The highest BCUT2D eigenvalue weighted by Crippen LogP contribution is 2.24. The van der Waals surface area contributed by atoms with Gasteiger partial charge in [0.05, 0.1) is 18.6 Å². The second-order valence-electron chi connectivity index (χ2n) is 7.36. The molecule has 1 heterocycles. The molecule has 4 nitrogen and oxygen atoms in total. The topological polar surface area (TPSA) is 66.8 Å². The zero-order valence-electron chi connectivity index (χ0n) is 14.5. The molecule has 0 aromatic rings. The first-order chi connectivity index (χ1) is 10.4. The minimum absolute atomic E-state index is 0.0866. The Kier molecular flexibility index (Phi) is 9.03. The lowest BCUT2D eigenvalue weighted by Crippen LogP contribution is -2.32. The Morgan fingerprint density at radius 2 is 1.82 bits per heavy atom. The molecule has 0 amide bonds. The maximum absolute atomic E-state index is 11.3. The number of aliphatic hydroxyl groups excluding tert-OH is 2. The van der Waals surface area contributed by atoms with E-state index in [0.717, 1.165) is 32.1 Å². The van der Waals surface area contributed by atoms with Gasteiger partial charge in [-0.1, -0.05) is 26.7 Å². The average molecular weight is 314 g/mol. The molecule has 1 saturated heterocycles. The summed E-state index contributed by atoms with van der Waals surface area (Å²) in [5.74, 6) is 1.10. The first-order valence-electron chi connectivity index (χ1n) is 8.92. The number of cyclic esters (lactones) is 1. The lowest BCUT2D eigenvalue weighted by atomic mass is 9.89. The third-order valence-corrected chi connectivity index (χ3v) is 4.59. The van der Waals surface area contributed by atoms with Crippen LogP contribution in [0, 0.1) is 11.8 Å². The molecular formula is C18H34O4. The first kappa shape index (κ1) is 19.4. The first-order valence-corrected chi connectivity index (χ1v) is 8.92. The molecule has 5 atom stereocenters. The van der Waals surface area contributed by atoms with Gasteiger partial charge in [0.25, 0.3) is 0 Å². The molecule has 5 unspecified atom stereocenters. The van der Waals surface area contributed by atoms with Crippen molar-refractivity contribution in [1.29, 1.82) is 0 Å². The Balaban J connectivity index is 2.07. The SMILES string of the molecule is CC(O)CCC(C)CC(C)CCCCC1CC(O)CC(=O)O1. The molecule has 0 bridgehead atoms. The van der Waals surface area contributed by atoms with Crippen LogP contribution in [0.5, 0.6) is 0 Å². The second-order valence-corrected chi connectivity index (χ2v) is 7.36. The van der Waals surface area contributed by atoms with Gasteiger partial charge < -0.3 is 14.9 Å². The molecule has 1 fully saturated rings. The van der Waals surface area contributed by atoms with Gasteiger partial charge in [0.15, 0.2) is 0 Å². The summed E-state index contributed by atoms with van der Waals surface area (Å²) in [4.78, 5) is 11.3. The fourth-order valence-corrected chi connectivity index (χ4v) is 3.35. The van der Waals surface area contributed by atoms with Gasteiger partial charge >= 0.3 is 5.97 Å². The van der Waals surface area contributed by atoms with Crippen molar-refractivity contribution >= 4 is 5.97 Å². The lowest BCUT2D eigenvalue weighted by molar-refractivity contribution is -0.160. The maximum atomic E-state index is 11.3. The molecule has 0 aliphatic carbocycles. The highest BCUT2D eigenvalue weighted by atomic mass is 16.5. The fraction of sp³-hybridized carbons (Fsp3) is 0.944. The van der Waals surface area contributed by atoms with E-state index in [1.54, 1.807) is 0 Å². The fourth-order valence-electron chi connectivity index (χ4n) is 3.35. The predicted octanol–water partition coefficient (Wildman–Crippen LogP) is 3.44. The Bertz CT molecular complexity index is 316. The minimum Gasteiger partial charge on any atom is -0.462 e. The van der Waals surface area contributed by atoms with Crippen molar-refractivity contribution in [2.24, 2.45) is 11.8 Å². The number of unbranched alkanes of at least 4 members (excludes halogenated alkanes) is 1. The monoisotopic (exact) mass is 314 g/mol. The molecule has 130 valence electrons. The van der Waals surface area contributed by atoms with Crippen LogP contribution in [0.2, 0.25) is 0 Å². The molecule has 0 radical (unpaired) electrons. The smallest absolute Gasteiger partial charge is 0.308 e. The quantitative estimate of drug-likeness (QED) is 0.479. The summed E-state index contributed by atoms with van der Waals surface area (Å²) in [5, 5.41) is 18.9. The summed E-state index contributed by atoms with van der Waals surface area (Å²) in [6, 6.07) is 0. The van der Waals surface area contributed by atoms with Crippen molar-refractivity contribution in [2.75, 3.05) is 0 Å². The van der Waals surface area contributed by atoms with Crippen molar-refractivity contribution in [1.82, 2.24) is 0 Å². The number of hydrogen-bond acceptors (Lipinski definition) is 4. The normalized spacial score (nSPS) is 26.3. The van der Waals surface area contributed by atoms with E-state index >= 15 is 0 Å². The molecule has 4 heteroatoms. The largest absolute Gasteiger partial charge is 0.462 e. The molecule has 1 rings (SSSR count). The van der Waals surface area contributed by atoms with Crippen LogP contribution in [0.4, 0.5) is 0 Å². The highest BCUT2D eigenvalue weighted by molar-refractivity contribution is 5.70. The van der Waals surface area contributed by atoms with Crippen LogP contribution < -0.4 is 0 Å². The number of esters is 1. The molecule has 1 aliphatic rings. The average Bonchev–Trinajstić information content (AvgIpc) is 2.40. The number of rotatable bonds is 10. The van der Waals surface area contributed by atoms with Gasteiger partial charge in [-0.25, -0.2) is 0 Å². The van der Waals surface area contributed by atoms with Gasteiger partial charge in [0.2, 0.25) is 0 Å². The van der Waals surface area contributed by atoms with E-state index < -0.39 is 6.10 Å². The van der Waals surface area contributed by atoms with Crippen molar-refractivity contribution in [3.8, 4) is 0 Å². The summed E-state index contributed by atoms with van der Waals surface area (Å²) in [6.07, 6.45) is 7.42. The number of hydrogen-bond donors (Lipinski definition) is 2. The Morgan fingerprint density at radius 1 is 1.14 bits per heavy atom. The number of aliphatic hydroxyl groups is 2. The summed E-state index contributed by atoms with van der Waals surface area (Å²) >= 11 is 0. The minimum atomic E-state index is -0.514. The van der Waals surface area contributed by atoms with Crippen molar-refractivity contribution in [3.05, 3.63) is 0 Å². The zero-order chi connectivity index (χ0) is 16.5. The van der Waals surface area contributed by atoms with Crippen molar-refractivity contribution in [3.63, 3.8) is 0 Å². The van der Waals surface area contributed by atoms with Crippen LogP contribution in [0.1, 0.15) is 78.6 Å². The zero-order valence-corrected chi connectivity index (χ0v) is 14.5. The number of carbonyl (C=O) groups excluding carboxylic acids is 1. The number of carbonyl (C=O) groups is 1. The molecular weight excluding hydrogens is 280 g/mol. The van der Waals surface area contributed by atoms with Crippen molar-refractivity contribution in [2.45, 2.75) is 96.9 Å². The van der Waals surface area contributed by atoms with Crippen molar-refractivity contribution < 1.29 is 19.7 Å². The molecule has 0 aromatic carbocycles. The van der Waals surface area contributed by atoms with E-state index in [-0.39, 0.29) is 24.6 Å². The van der Waals surface area contributed by atoms with Gasteiger partial charge in [-0.2, -0.15) is 0 Å². The summed E-state index contributed by atoms with van der Waals surface area (Å²) < 4.78 is 5.26. The van der Waals surface area contributed by atoms with E-state index in [4.69, 9.17) is 4.74 Å². The third kappa shape index (κ3) is 8.74. The van der Waals surface area contributed by atoms with Crippen LogP contribution in [0.3, 0.4) is 0 Å². The van der Waals surface area contributed by atoms with Gasteiger partial charge in [-0.05, 0) is 50.9 Å². The van der Waals surface area contributed by atoms with Gasteiger partial charge in [0.1, 0.15) is 6.10 Å². The molecule has 2 N–H and O–H groups in total. The third-order valence-electron chi connectivity index (χ3n) is 4.59. The summed E-state index contributed by atoms with van der Waals surface area (Å²) in [7, 11) is 0. The molecule has 0 saturated carbocycles. The van der Waals surface area contributed by atoms with Crippen LogP contribution in [-0.4, -0.2) is 34.5 Å². The lowest BCUT2D eigenvalue weighted by Gasteiger charge is -2.26. The molecule has 0 spiro atoms. The van der Waals surface area contributed by atoms with E-state index in [2.05, 4.69) is 13.8 Å². The number of ether oxygens (including phenoxy) is 1. The van der Waals surface area contributed by atoms with E-state index in [1.807, 2.05) is 6.92 Å². The van der Waals surface area contributed by atoms with Gasteiger partial charge in [0, 0.05) is 6.42 Å². The predicted molar refractivity (Wildman–Crippen MR) is 87.4 cm³/mol. The molecule has 1 aliphatic heterocycles. The highest BCUT2D eigenvalue weighted by Gasteiger charge is 2.26. The van der Waals surface area contributed by atoms with Gasteiger partial charge in [-0.15, -0.1) is 0 Å². The van der Waals surface area contributed by atoms with Crippen LogP contribution in [0.15, 0.2) is 0 Å². The van der Waals surface area contributed by atoms with Gasteiger partial charge in [-0.3, -0.25) is 4.79 Å². The van der Waals surface area contributed by atoms with Crippen LogP contribution in [-0.2, 0) is 9.53 Å². The van der Waals surface area contributed by atoms with E-state index in [1.165, 1.54) is 12.8 Å². The Labute approximate surface area is 135 Å². The molecule has 22 heavy (non-hydrogen) atoms. The summed E-state index contributed by atoms with van der Waals surface area (Å²) in [6.45, 7) is 6.41. The van der Waals surface area contributed by atoms with Crippen LogP contribution >= 0.6 is 0 Å². The second kappa shape index (κ2) is 10.2. The van der Waals surface area contributed by atoms with Crippen LogP contribution in [0.25, 0.3) is 0 Å². The summed E-state index contributed by atoms with van der Waals surface area (Å²) in [5.41, 5.74) is 0. The molecule has 0 aromatic heterocycles. The van der Waals surface area contributed by atoms with E-state index in [0.29, 0.717) is 18.3 Å². The Hall–Kier alpha value is -0.610. The maximum Gasteiger partial charge on any atom is 0.308 e. The standard InChI is InChI=1S/C18H34O4/c1-13(10-14(2)8-9-15(3)19)6-4-5-7-17-11-16(20)12-18(21)22-17/h13-17,19-20H,4-12H2,1-3H3. The van der Waals surface area contributed by atoms with E-state index in [9.17, 15) is 15.0 Å². The Morgan fingerprint density at radius 3 is 2.45 bits per heavy atom.